The predicted octanol–water partition coefficient (Wildman–Crippen LogP) is 2.74. The first-order valence-corrected chi connectivity index (χ1v) is 9.08. The molecular formula is C17H19N3O3S2. The minimum Gasteiger partial charge on any atom is -0.465 e. The van der Waals surface area contributed by atoms with Crippen molar-refractivity contribution in [2.45, 2.75) is 0 Å². The number of carbonyl (C=O) groups is 1. The number of methoxy groups -OCH3 is 1. The van der Waals surface area contributed by atoms with Crippen LogP contribution in [0.25, 0.3) is 10.4 Å². The summed E-state index contributed by atoms with van der Waals surface area (Å²) in [7, 11) is 1.37. The highest BCUT2D eigenvalue weighted by atomic mass is 32.1. The molecule has 0 bridgehead atoms. The number of thiocarbonyl (C=S) groups is 1. The summed E-state index contributed by atoms with van der Waals surface area (Å²) in [4.78, 5) is 13.1. The number of carbonyl (C=O) groups excluding carboxylic acids is 1. The van der Waals surface area contributed by atoms with Crippen molar-refractivity contribution in [1.29, 1.82) is 0 Å². The van der Waals surface area contributed by atoms with Crippen molar-refractivity contribution in [3.05, 3.63) is 42.0 Å². The number of morpholine rings is 1. The monoisotopic (exact) mass is 377 g/mol. The van der Waals surface area contributed by atoms with Gasteiger partial charge < -0.3 is 14.8 Å². The number of hydrazine groups is 1. The van der Waals surface area contributed by atoms with Gasteiger partial charge in [0, 0.05) is 18.0 Å². The van der Waals surface area contributed by atoms with E-state index in [-0.39, 0.29) is 0 Å². The maximum Gasteiger partial charge on any atom is 0.340 e. The van der Waals surface area contributed by atoms with Gasteiger partial charge >= 0.3 is 5.97 Å². The topological polar surface area (TPSA) is 62.8 Å². The largest absolute Gasteiger partial charge is 0.465 e. The molecular weight excluding hydrogens is 358 g/mol. The maximum absolute atomic E-state index is 12.1. The molecule has 1 saturated heterocycles. The lowest BCUT2D eigenvalue weighted by Crippen LogP contribution is -2.49. The molecule has 0 spiro atoms. The Morgan fingerprint density at radius 1 is 1.28 bits per heavy atom. The van der Waals surface area contributed by atoms with Gasteiger partial charge in [-0.2, -0.15) is 0 Å². The second-order valence-corrected chi connectivity index (χ2v) is 6.84. The second kappa shape index (κ2) is 8.39. The quantitative estimate of drug-likeness (QED) is 0.627. The molecule has 3 rings (SSSR count). The smallest absolute Gasteiger partial charge is 0.340 e. The average molecular weight is 377 g/mol. The summed E-state index contributed by atoms with van der Waals surface area (Å²) in [6.45, 7) is 2.84. The van der Waals surface area contributed by atoms with E-state index in [9.17, 15) is 4.79 Å². The Labute approximate surface area is 155 Å². The molecule has 2 heterocycles. The summed E-state index contributed by atoms with van der Waals surface area (Å²) >= 11 is 6.84. The Bertz CT molecular complexity index is 743. The maximum atomic E-state index is 12.1. The Kier molecular flexibility index (Phi) is 5.98. The fraction of sp³-hybridized carbons (Fsp3) is 0.294. The number of benzene rings is 1. The van der Waals surface area contributed by atoms with Crippen LogP contribution in [-0.2, 0) is 9.47 Å². The summed E-state index contributed by atoms with van der Waals surface area (Å²) in [6, 6.07) is 11.7. The van der Waals surface area contributed by atoms with Crippen molar-refractivity contribution in [2.24, 2.45) is 0 Å². The van der Waals surface area contributed by atoms with Gasteiger partial charge in [-0.25, -0.2) is 9.80 Å². The summed E-state index contributed by atoms with van der Waals surface area (Å²) in [5, 5.41) is 6.21. The van der Waals surface area contributed by atoms with E-state index in [1.807, 2.05) is 41.4 Å². The normalized spacial score (nSPS) is 14.8. The fourth-order valence-electron chi connectivity index (χ4n) is 2.44. The first kappa shape index (κ1) is 17.8. The minimum absolute atomic E-state index is 0.393. The van der Waals surface area contributed by atoms with E-state index >= 15 is 0 Å². The number of rotatable bonds is 4. The molecule has 0 amide bonds. The highest BCUT2D eigenvalue weighted by Gasteiger charge is 2.19. The van der Waals surface area contributed by atoms with Crippen molar-refractivity contribution in [2.75, 3.05) is 38.7 Å². The Balaban J connectivity index is 1.77. The van der Waals surface area contributed by atoms with Crippen LogP contribution in [0.3, 0.4) is 0 Å². The number of esters is 1. The third kappa shape index (κ3) is 4.55. The number of nitrogens with one attached hydrogen (secondary N) is 2. The molecule has 1 fully saturated rings. The molecule has 1 aliphatic rings. The van der Waals surface area contributed by atoms with Crippen LogP contribution in [0.4, 0.5) is 5.00 Å². The zero-order valence-electron chi connectivity index (χ0n) is 13.8. The van der Waals surface area contributed by atoms with Gasteiger partial charge in [-0.05, 0) is 23.8 Å². The minimum atomic E-state index is -0.393. The summed E-state index contributed by atoms with van der Waals surface area (Å²) in [5.41, 5.74) is 4.64. The van der Waals surface area contributed by atoms with Crippen LogP contribution in [0.15, 0.2) is 36.4 Å². The molecule has 2 N–H and O–H groups in total. The Morgan fingerprint density at radius 3 is 2.68 bits per heavy atom. The summed E-state index contributed by atoms with van der Waals surface area (Å²) in [5.74, 6) is -0.393. The van der Waals surface area contributed by atoms with Crippen LogP contribution in [0.2, 0.25) is 0 Å². The zero-order chi connectivity index (χ0) is 17.6. The van der Waals surface area contributed by atoms with Gasteiger partial charge in [0.15, 0.2) is 5.11 Å². The summed E-state index contributed by atoms with van der Waals surface area (Å²) < 4.78 is 10.2. The molecule has 2 aromatic rings. The van der Waals surface area contributed by atoms with Crippen molar-refractivity contribution < 1.29 is 14.3 Å². The number of ether oxygens (including phenoxy) is 2. The third-order valence-electron chi connectivity index (χ3n) is 3.69. The van der Waals surface area contributed by atoms with Crippen LogP contribution in [-0.4, -0.2) is 49.5 Å². The SMILES string of the molecule is COC(=O)c1cc(-c2ccccc2)sc1NC(=S)NN1CCOCC1. The number of hydrogen-bond donors (Lipinski definition) is 2. The van der Waals surface area contributed by atoms with Gasteiger partial charge in [0.1, 0.15) is 5.00 Å². The first-order chi connectivity index (χ1) is 12.2. The van der Waals surface area contributed by atoms with Crippen LogP contribution in [0, 0.1) is 0 Å². The van der Waals surface area contributed by atoms with Gasteiger partial charge in [0.25, 0.3) is 0 Å². The average Bonchev–Trinajstić information content (AvgIpc) is 3.06. The highest BCUT2D eigenvalue weighted by molar-refractivity contribution is 7.80. The molecule has 0 atom stereocenters. The van der Waals surface area contributed by atoms with Crippen LogP contribution in [0.1, 0.15) is 10.4 Å². The number of nitrogens with zero attached hydrogens (tertiary/aromatic N) is 1. The fourth-order valence-corrected chi connectivity index (χ4v) is 3.79. The van der Waals surface area contributed by atoms with E-state index in [0.29, 0.717) is 28.9 Å². The van der Waals surface area contributed by atoms with Crippen molar-refractivity contribution in [3.63, 3.8) is 0 Å². The van der Waals surface area contributed by atoms with E-state index in [0.717, 1.165) is 23.5 Å². The number of hydrogen-bond acceptors (Lipinski definition) is 6. The van der Waals surface area contributed by atoms with Crippen LogP contribution < -0.4 is 10.7 Å². The van der Waals surface area contributed by atoms with Crippen molar-refractivity contribution in [1.82, 2.24) is 10.4 Å². The van der Waals surface area contributed by atoms with E-state index in [1.54, 1.807) is 0 Å². The van der Waals surface area contributed by atoms with E-state index < -0.39 is 5.97 Å². The second-order valence-electron chi connectivity index (χ2n) is 5.38. The molecule has 1 aromatic heterocycles. The molecule has 6 nitrogen and oxygen atoms in total. The van der Waals surface area contributed by atoms with Crippen LogP contribution >= 0.6 is 23.6 Å². The Morgan fingerprint density at radius 2 is 2.00 bits per heavy atom. The highest BCUT2D eigenvalue weighted by Crippen LogP contribution is 2.35. The number of thiophene rings is 1. The van der Waals surface area contributed by atoms with Gasteiger partial charge in [0.05, 0.1) is 25.9 Å². The Hall–Kier alpha value is -2.00. The lowest BCUT2D eigenvalue weighted by Gasteiger charge is -2.28. The number of anilines is 1. The molecule has 0 radical (unpaired) electrons. The van der Waals surface area contributed by atoms with Gasteiger partial charge in [0.2, 0.25) is 0 Å². The molecule has 132 valence electrons. The molecule has 0 aliphatic carbocycles. The van der Waals surface area contributed by atoms with E-state index in [4.69, 9.17) is 21.7 Å². The summed E-state index contributed by atoms with van der Waals surface area (Å²) in [6.07, 6.45) is 0. The van der Waals surface area contributed by atoms with E-state index in [2.05, 4.69) is 10.7 Å². The molecule has 8 heteroatoms. The third-order valence-corrected chi connectivity index (χ3v) is 4.99. The van der Waals surface area contributed by atoms with Crippen molar-refractivity contribution >= 4 is 39.6 Å². The first-order valence-electron chi connectivity index (χ1n) is 7.85. The lowest BCUT2D eigenvalue weighted by atomic mass is 10.1. The molecule has 25 heavy (non-hydrogen) atoms. The molecule has 1 aromatic carbocycles. The zero-order valence-corrected chi connectivity index (χ0v) is 15.4. The van der Waals surface area contributed by atoms with Crippen molar-refractivity contribution in [3.8, 4) is 10.4 Å². The molecule has 0 unspecified atom stereocenters. The van der Waals surface area contributed by atoms with E-state index in [1.165, 1.54) is 18.4 Å². The van der Waals surface area contributed by atoms with Gasteiger partial charge in [-0.3, -0.25) is 5.43 Å². The predicted molar refractivity (Wildman–Crippen MR) is 103 cm³/mol. The van der Waals surface area contributed by atoms with Gasteiger partial charge in [-0.15, -0.1) is 11.3 Å². The molecule has 1 aliphatic heterocycles. The van der Waals surface area contributed by atoms with Crippen LogP contribution in [0.5, 0.6) is 0 Å². The standard InChI is InChI=1S/C17H19N3O3S2/c1-22-16(21)13-11-14(12-5-3-2-4-6-12)25-15(13)18-17(24)19-20-7-9-23-10-8-20/h2-6,11H,7-10H2,1H3,(H2,18,19,24). The lowest BCUT2D eigenvalue weighted by molar-refractivity contribution is 0.0252. The van der Waals surface area contributed by atoms with Gasteiger partial charge in [-0.1, -0.05) is 30.3 Å². The molecule has 0 saturated carbocycles.